The minimum absolute atomic E-state index is 0.192. The Morgan fingerprint density at radius 1 is 1.09 bits per heavy atom. The lowest BCUT2D eigenvalue weighted by atomic mass is 10.1. The first-order valence-corrected chi connectivity index (χ1v) is 7.31. The van der Waals surface area contributed by atoms with Crippen LogP contribution < -0.4 is 5.56 Å². The molecule has 0 radical (unpaired) electrons. The second-order valence-electron chi connectivity index (χ2n) is 4.69. The summed E-state index contributed by atoms with van der Waals surface area (Å²) in [7, 11) is 0. The molecule has 1 heterocycles. The van der Waals surface area contributed by atoms with Crippen molar-refractivity contribution in [1.29, 1.82) is 0 Å². The van der Waals surface area contributed by atoms with Gasteiger partial charge in [-0.1, -0.05) is 0 Å². The third-order valence-electron chi connectivity index (χ3n) is 3.25. The molecule has 0 fully saturated rings. The Balaban J connectivity index is 2.17. The van der Waals surface area contributed by atoms with Crippen molar-refractivity contribution >= 4 is 33.5 Å². The predicted octanol–water partition coefficient (Wildman–Crippen LogP) is 3.47. The van der Waals surface area contributed by atoms with Crippen LogP contribution in [-0.4, -0.2) is 9.55 Å². The van der Waals surface area contributed by atoms with Crippen molar-refractivity contribution in [3.8, 4) is 0 Å². The van der Waals surface area contributed by atoms with Gasteiger partial charge in [0, 0.05) is 21.3 Å². The molecule has 0 atom stereocenters. The van der Waals surface area contributed by atoms with Gasteiger partial charge >= 0.3 is 0 Å². The third kappa shape index (κ3) is 2.72. The fraction of sp³-hybridized carbons (Fsp3) is 0.0667. The average Bonchev–Trinajstić information content (AvgIpc) is 2.45. The largest absolute Gasteiger partial charge is 0.327 e. The van der Waals surface area contributed by atoms with E-state index in [0.717, 1.165) is 3.57 Å². The molecule has 0 unspecified atom stereocenters. The summed E-state index contributed by atoms with van der Waals surface area (Å²) in [4.78, 5) is 15.5. The highest BCUT2D eigenvalue weighted by Crippen LogP contribution is 2.19. The van der Waals surface area contributed by atoms with Crippen molar-refractivity contribution < 1.29 is 13.2 Å². The van der Waals surface area contributed by atoms with E-state index in [-0.39, 0.29) is 12.1 Å². The van der Waals surface area contributed by atoms with E-state index in [1.165, 1.54) is 10.9 Å². The zero-order valence-corrected chi connectivity index (χ0v) is 13.1. The Morgan fingerprint density at radius 2 is 1.77 bits per heavy atom. The molecule has 0 saturated heterocycles. The summed E-state index contributed by atoms with van der Waals surface area (Å²) in [5, 5.41) is 0.359. The number of hydrogen-bond donors (Lipinski definition) is 0. The Morgan fingerprint density at radius 3 is 2.45 bits per heavy atom. The molecular weight excluding hydrogens is 408 g/mol. The van der Waals surface area contributed by atoms with E-state index in [1.54, 1.807) is 18.2 Å². The number of benzene rings is 2. The number of rotatable bonds is 2. The minimum atomic E-state index is -0.977. The van der Waals surface area contributed by atoms with Gasteiger partial charge in [-0.05, 0) is 40.8 Å². The van der Waals surface area contributed by atoms with Crippen molar-refractivity contribution in [3.05, 3.63) is 73.6 Å². The molecule has 0 amide bonds. The second-order valence-corrected chi connectivity index (χ2v) is 5.93. The van der Waals surface area contributed by atoms with Crippen molar-refractivity contribution in [2.24, 2.45) is 0 Å². The third-order valence-corrected chi connectivity index (χ3v) is 3.92. The number of hydrogen-bond acceptors (Lipinski definition) is 2. The zero-order chi connectivity index (χ0) is 15.9. The second kappa shape index (κ2) is 5.71. The molecule has 22 heavy (non-hydrogen) atoms. The molecule has 0 aliphatic heterocycles. The first-order valence-electron chi connectivity index (χ1n) is 6.24. The molecule has 3 nitrogen and oxygen atoms in total. The quantitative estimate of drug-likeness (QED) is 0.600. The Bertz CT molecular complexity index is 917. The summed E-state index contributed by atoms with van der Waals surface area (Å²) in [6, 6.07) is 6.35. The molecule has 112 valence electrons. The smallest absolute Gasteiger partial charge is 0.280 e. The summed E-state index contributed by atoms with van der Waals surface area (Å²) in [5.41, 5.74) is -0.194. The zero-order valence-electron chi connectivity index (χ0n) is 11.0. The monoisotopic (exact) mass is 416 g/mol. The summed E-state index contributed by atoms with van der Waals surface area (Å²) in [6.07, 6.45) is 1.22. The van der Waals surface area contributed by atoms with Gasteiger partial charge in [0.25, 0.3) is 5.56 Å². The molecule has 3 rings (SSSR count). The molecule has 7 heteroatoms. The van der Waals surface area contributed by atoms with E-state index in [0.29, 0.717) is 23.0 Å². The van der Waals surface area contributed by atoms with E-state index in [2.05, 4.69) is 27.6 Å². The van der Waals surface area contributed by atoms with E-state index < -0.39 is 23.0 Å². The minimum Gasteiger partial charge on any atom is -0.327 e. The van der Waals surface area contributed by atoms with E-state index in [9.17, 15) is 18.0 Å². The Labute approximate surface area is 136 Å². The number of fused-ring (bicyclic) bond motifs is 1. The fourth-order valence-corrected chi connectivity index (χ4v) is 2.69. The van der Waals surface area contributed by atoms with Gasteiger partial charge in [0.1, 0.15) is 17.5 Å². The normalized spacial score (nSPS) is 11.1. The first kappa shape index (κ1) is 15.0. The van der Waals surface area contributed by atoms with Gasteiger partial charge in [0.15, 0.2) is 0 Å². The lowest BCUT2D eigenvalue weighted by Gasteiger charge is -2.11. The van der Waals surface area contributed by atoms with Gasteiger partial charge in [-0.25, -0.2) is 13.2 Å². The van der Waals surface area contributed by atoms with Crippen LogP contribution in [0.1, 0.15) is 5.56 Å². The van der Waals surface area contributed by atoms with Crippen LogP contribution in [0.4, 0.5) is 13.2 Å². The SMILES string of the molecule is O=c1ncn(Cc2c(F)cc(F)cc2F)c2ccc(I)cc12. The van der Waals surface area contributed by atoms with Gasteiger partial charge < -0.3 is 4.57 Å². The Hall–Kier alpha value is -1.90. The summed E-state index contributed by atoms with van der Waals surface area (Å²) >= 11 is 2.06. The van der Waals surface area contributed by atoms with Crippen LogP contribution in [0.5, 0.6) is 0 Å². The van der Waals surface area contributed by atoms with E-state index in [1.807, 2.05) is 0 Å². The molecule has 0 bridgehead atoms. The maximum atomic E-state index is 13.8. The molecule has 0 saturated carbocycles. The van der Waals surface area contributed by atoms with Gasteiger partial charge in [0.05, 0.1) is 23.8 Å². The summed E-state index contributed by atoms with van der Waals surface area (Å²) < 4.78 is 42.8. The molecule has 0 aliphatic carbocycles. The van der Waals surface area contributed by atoms with Crippen LogP contribution in [0.3, 0.4) is 0 Å². The standard InChI is InChI=1S/C15H8F3IN2O/c16-8-3-12(17)11(13(18)4-8)6-21-7-20-15(22)10-5-9(19)1-2-14(10)21/h1-5,7H,6H2. The predicted molar refractivity (Wildman–Crippen MR) is 84.1 cm³/mol. The first-order chi connectivity index (χ1) is 10.5. The van der Waals surface area contributed by atoms with Gasteiger partial charge in [-0.15, -0.1) is 0 Å². The van der Waals surface area contributed by atoms with Crippen LogP contribution >= 0.6 is 22.6 Å². The highest BCUT2D eigenvalue weighted by atomic mass is 127. The van der Waals surface area contributed by atoms with E-state index in [4.69, 9.17) is 0 Å². The highest BCUT2D eigenvalue weighted by Gasteiger charge is 2.13. The van der Waals surface area contributed by atoms with Crippen molar-refractivity contribution in [2.75, 3.05) is 0 Å². The number of halogens is 4. The van der Waals surface area contributed by atoms with Gasteiger partial charge in [-0.2, -0.15) is 4.98 Å². The maximum Gasteiger partial charge on any atom is 0.280 e. The molecule has 2 aromatic carbocycles. The van der Waals surface area contributed by atoms with Crippen molar-refractivity contribution in [1.82, 2.24) is 9.55 Å². The number of nitrogens with zero attached hydrogens (tertiary/aromatic N) is 2. The highest BCUT2D eigenvalue weighted by molar-refractivity contribution is 14.1. The van der Waals surface area contributed by atoms with Crippen LogP contribution in [0.25, 0.3) is 10.9 Å². The lowest BCUT2D eigenvalue weighted by molar-refractivity contribution is 0.517. The maximum absolute atomic E-state index is 13.8. The van der Waals surface area contributed by atoms with E-state index >= 15 is 0 Å². The number of aromatic nitrogens is 2. The van der Waals surface area contributed by atoms with Crippen LogP contribution in [0.2, 0.25) is 0 Å². The molecular formula is C15H8F3IN2O. The molecule has 0 spiro atoms. The summed E-state index contributed by atoms with van der Waals surface area (Å²) in [6.45, 7) is -0.192. The molecule has 0 N–H and O–H groups in total. The molecule has 3 aromatic rings. The lowest BCUT2D eigenvalue weighted by Crippen LogP contribution is -2.14. The Kier molecular flexibility index (Phi) is 3.90. The van der Waals surface area contributed by atoms with Crippen LogP contribution in [0.15, 0.2) is 41.5 Å². The van der Waals surface area contributed by atoms with Crippen LogP contribution in [0, 0.1) is 21.0 Å². The molecule has 1 aromatic heterocycles. The van der Waals surface area contributed by atoms with Gasteiger partial charge in [0.2, 0.25) is 0 Å². The van der Waals surface area contributed by atoms with Crippen LogP contribution in [-0.2, 0) is 6.54 Å². The van der Waals surface area contributed by atoms with Crippen molar-refractivity contribution in [2.45, 2.75) is 6.54 Å². The average molecular weight is 416 g/mol. The van der Waals surface area contributed by atoms with Crippen molar-refractivity contribution in [3.63, 3.8) is 0 Å². The van der Waals surface area contributed by atoms with Gasteiger partial charge in [-0.3, -0.25) is 4.79 Å². The fourth-order valence-electron chi connectivity index (χ4n) is 2.20. The summed E-state index contributed by atoms with van der Waals surface area (Å²) in [5.74, 6) is -2.93. The topological polar surface area (TPSA) is 34.9 Å². The molecule has 0 aliphatic rings.